The SMILES string of the molecule is CC(C#N)c1ccc(C(=O)CCl)cc1. The monoisotopic (exact) mass is 207 g/mol. The molecule has 3 heteroatoms. The molecule has 0 amide bonds. The molecule has 0 aliphatic carbocycles. The second-order valence-corrected chi connectivity index (χ2v) is 3.30. The van der Waals surface area contributed by atoms with Crippen LogP contribution in [0.5, 0.6) is 0 Å². The number of nitrogens with zero attached hydrogens (tertiary/aromatic N) is 1. The van der Waals surface area contributed by atoms with E-state index in [4.69, 9.17) is 16.9 Å². The zero-order chi connectivity index (χ0) is 10.6. The van der Waals surface area contributed by atoms with E-state index in [0.29, 0.717) is 5.56 Å². The van der Waals surface area contributed by atoms with E-state index >= 15 is 0 Å². The first kappa shape index (κ1) is 10.7. The van der Waals surface area contributed by atoms with Crippen LogP contribution in [-0.2, 0) is 0 Å². The number of hydrogen-bond donors (Lipinski definition) is 0. The van der Waals surface area contributed by atoms with Crippen molar-refractivity contribution in [2.24, 2.45) is 0 Å². The van der Waals surface area contributed by atoms with Gasteiger partial charge in [-0.2, -0.15) is 5.26 Å². The first-order chi connectivity index (χ1) is 6.69. The highest BCUT2D eigenvalue weighted by molar-refractivity contribution is 6.30. The zero-order valence-corrected chi connectivity index (χ0v) is 8.58. The van der Waals surface area contributed by atoms with Gasteiger partial charge >= 0.3 is 0 Å². The highest BCUT2D eigenvalue weighted by Crippen LogP contribution is 2.15. The Kier molecular flexibility index (Phi) is 3.67. The molecule has 1 aromatic carbocycles. The van der Waals surface area contributed by atoms with Gasteiger partial charge in [-0.3, -0.25) is 4.79 Å². The van der Waals surface area contributed by atoms with Gasteiger partial charge in [0.25, 0.3) is 0 Å². The third-order valence-electron chi connectivity index (χ3n) is 2.05. The Morgan fingerprint density at radius 3 is 2.50 bits per heavy atom. The minimum Gasteiger partial charge on any atom is -0.293 e. The average molecular weight is 208 g/mol. The van der Waals surface area contributed by atoms with Crippen molar-refractivity contribution >= 4 is 17.4 Å². The molecular formula is C11H10ClNO. The molecule has 14 heavy (non-hydrogen) atoms. The van der Waals surface area contributed by atoms with E-state index in [2.05, 4.69) is 6.07 Å². The fourth-order valence-corrected chi connectivity index (χ4v) is 1.26. The van der Waals surface area contributed by atoms with Gasteiger partial charge in [0.05, 0.1) is 17.9 Å². The first-order valence-electron chi connectivity index (χ1n) is 4.27. The summed E-state index contributed by atoms with van der Waals surface area (Å²) in [7, 11) is 0. The number of ketones is 1. The van der Waals surface area contributed by atoms with Crippen molar-refractivity contribution in [2.75, 3.05) is 5.88 Å². The van der Waals surface area contributed by atoms with Crippen LogP contribution in [0.4, 0.5) is 0 Å². The summed E-state index contributed by atoms with van der Waals surface area (Å²) in [5.74, 6) is -0.245. The summed E-state index contributed by atoms with van der Waals surface area (Å²) < 4.78 is 0. The summed E-state index contributed by atoms with van der Waals surface area (Å²) in [4.78, 5) is 11.2. The molecule has 1 atom stereocenters. The Morgan fingerprint density at radius 2 is 2.07 bits per heavy atom. The Morgan fingerprint density at radius 1 is 1.50 bits per heavy atom. The van der Waals surface area contributed by atoms with E-state index in [9.17, 15) is 4.79 Å². The summed E-state index contributed by atoms with van der Waals surface area (Å²) in [5, 5.41) is 8.67. The molecule has 0 bridgehead atoms. The Balaban J connectivity index is 2.90. The molecule has 0 spiro atoms. The lowest BCUT2D eigenvalue weighted by molar-refractivity contribution is 0.102. The third-order valence-corrected chi connectivity index (χ3v) is 2.29. The lowest BCUT2D eigenvalue weighted by Crippen LogP contribution is -2.00. The minimum atomic E-state index is -0.143. The summed E-state index contributed by atoms with van der Waals surface area (Å²) >= 11 is 5.41. The molecule has 0 N–H and O–H groups in total. The molecule has 0 aromatic heterocycles. The molecule has 72 valence electrons. The lowest BCUT2D eigenvalue weighted by Gasteiger charge is -2.03. The van der Waals surface area contributed by atoms with Crippen LogP contribution < -0.4 is 0 Å². The molecule has 0 aliphatic heterocycles. The Hall–Kier alpha value is -1.33. The smallest absolute Gasteiger partial charge is 0.177 e. The summed E-state index contributed by atoms with van der Waals surface area (Å²) in [5.41, 5.74) is 1.51. The van der Waals surface area contributed by atoms with Crippen LogP contribution in [-0.4, -0.2) is 11.7 Å². The number of benzene rings is 1. The maximum Gasteiger partial charge on any atom is 0.177 e. The van der Waals surface area contributed by atoms with Gasteiger partial charge in [0.2, 0.25) is 0 Å². The maximum absolute atomic E-state index is 11.2. The molecule has 1 unspecified atom stereocenters. The van der Waals surface area contributed by atoms with Crippen molar-refractivity contribution in [3.05, 3.63) is 35.4 Å². The second kappa shape index (κ2) is 4.78. The number of halogens is 1. The normalized spacial score (nSPS) is 11.8. The number of carbonyl (C=O) groups is 1. The average Bonchev–Trinajstić information content (AvgIpc) is 2.27. The van der Waals surface area contributed by atoms with Crippen molar-refractivity contribution in [2.45, 2.75) is 12.8 Å². The maximum atomic E-state index is 11.2. The van der Waals surface area contributed by atoms with Gasteiger partial charge in [0.1, 0.15) is 0 Å². The molecule has 0 fully saturated rings. The topological polar surface area (TPSA) is 40.9 Å². The predicted octanol–water partition coefficient (Wildman–Crippen LogP) is 2.74. The molecule has 0 saturated carbocycles. The van der Waals surface area contributed by atoms with E-state index in [-0.39, 0.29) is 17.6 Å². The van der Waals surface area contributed by atoms with Crippen molar-refractivity contribution in [1.29, 1.82) is 5.26 Å². The van der Waals surface area contributed by atoms with Crippen molar-refractivity contribution in [1.82, 2.24) is 0 Å². The summed E-state index contributed by atoms with van der Waals surface area (Å²) in [6.07, 6.45) is 0. The molecule has 0 saturated heterocycles. The van der Waals surface area contributed by atoms with E-state index in [1.807, 2.05) is 6.92 Å². The highest BCUT2D eigenvalue weighted by atomic mass is 35.5. The van der Waals surface area contributed by atoms with E-state index in [0.717, 1.165) is 5.56 Å². The van der Waals surface area contributed by atoms with Crippen molar-refractivity contribution in [3.63, 3.8) is 0 Å². The van der Waals surface area contributed by atoms with Crippen LogP contribution >= 0.6 is 11.6 Å². The van der Waals surface area contributed by atoms with Crippen LogP contribution in [0.3, 0.4) is 0 Å². The number of hydrogen-bond acceptors (Lipinski definition) is 2. The predicted molar refractivity (Wildman–Crippen MR) is 55.5 cm³/mol. The summed E-state index contributed by atoms with van der Waals surface area (Å²) in [6.45, 7) is 1.82. The molecule has 0 heterocycles. The molecule has 0 aliphatic rings. The van der Waals surface area contributed by atoms with Gasteiger partial charge in [0, 0.05) is 5.56 Å². The second-order valence-electron chi connectivity index (χ2n) is 3.03. The van der Waals surface area contributed by atoms with Gasteiger partial charge < -0.3 is 0 Å². The van der Waals surface area contributed by atoms with Crippen molar-refractivity contribution < 1.29 is 4.79 Å². The number of rotatable bonds is 3. The Bertz CT molecular complexity index is 364. The van der Waals surface area contributed by atoms with E-state index < -0.39 is 0 Å². The van der Waals surface area contributed by atoms with Gasteiger partial charge in [-0.1, -0.05) is 24.3 Å². The van der Waals surface area contributed by atoms with Gasteiger partial charge in [0.15, 0.2) is 5.78 Å². The standard InChI is InChI=1S/C11H10ClNO/c1-8(7-13)9-2-4-10(5-3-9)11(14)6-12/h2-5,8H,6H2,1H3. The molecule has 1 aromatic rings. The quantitative estimate of drug-likeness (QED) is 0.565. The van der Waals surface area contributed by atoms with Gasteiger partial charge in [-0.15, -0.1) is 11.6 Å². The van der Waals surface area contributed by atoms with Gasteiger partial charge in [-0.25, -0.2) is 0 Å². The van der Waals surface area contributed by atoms with Crippen LogP contribution in [0.1, 0.15) is 28.8 Å². The lowest BCUT2D eigenvalue weighted by atomic mass is 10.0. The number of carbonyl (C=O) groups excluding carboxylic acids is 1. The zero-order valence-electron chi connectivity index (χ0n) is 7.83. The first-order valence-corrected chi connectivity index (χ1v) is 4.81. The molecule has 0 radical (unpaired) electrons. The fourth-order valence-electron chi connectivity index (χ4n) is 1.11. The molecule has 2 nitrogen and oxygen atoms in total. The Labute approximate surface area is 88.1 Å². The number of nitriles is 1. The largest absolute Gasteiger partial charge is 0.293 e. The molecule has 1 rings (SSSR count). The van der Waals surface area contributed by atoms with Crippen LogP contribution in [0.15, 0.2) is 24.3 Å². The van der Waals surface area contributed by atoms with Crippen molar-refractivity contribution in [3.8, 4) is 6.07 Å². The fraction of sp³-hybridized carbons (Fsp3) is 0.273. The third kappa shape index (κ3) is 2.34. The van der Waals surface area contributed by atoms with Gasteiger partial charge in [-0.05, 0) is 12.5 Å². The van der Waals surface area contributed by atoms with Crippen LogP contribution in [0.2, 0.25) is 0 Å². The minimum absolute atomic E-state index is 0.00680. The van der Waals surface area contributed by atoms with E-state index in [1.54, 1.807) is 24.3 Å². The summed E-state index contributed by atoms with van der Waals surface area (Å²) in [6, 6.07) is 9.11. The van der Waals surface area contributed by atoms with E-state index in [1.165, 1.54) is 0 Å². The molecular weight excluding hydrogens is 198 g/mol. The number of alkyl halides is 1. The van der Waals surface area contributed by atoms with Crippen LogP contribution in [0.25, 0.3) is 0 Å². The number of Topliss-reactive ketones (excluding diaryl/α,β-unsaturated/α-hetero) is 1. The highest BCUT2D eigenvalue weighted by Gasteiger charge is 2.06. The van der Waals surface area contributed by atoms with Crippen LogP contribution in [0, 0.1) is 11.3 Å².